The van der Waals surface area contributed by atoms with E-state index in [0.29, 0.717) is 17.2 Å². The van der Waals surface area contributed by atoms with Crippen LogP contribution in [0.1, 0.15) is 35.7 Å². The highest BCUT2D eigenvalue weighted by molar-refractivity contribution is 7.21. The number of hydrogen-bond acceptors (Lipinski definition) is 5. The van der Waals surface area contributed by atoms with Crippen LogP contribution in [-0.2, 0) is 16.0 Å². The molecule has 1 aromatic heterocycles. The van der Waals surface area contributed by atoms with Crippen LogP contribution in [0.15, 0.2) is 66.0 Å². The van der Waals surface area contributed by atoms with Crippen LogP contribution in [0.3, 0.4) is 0 Å². The Balaban J connectivity index is 1.67. The number of nitrogens with two attached hydrogens (primary N) is 1. The fourth-order valence-electron chi connectivity index (χ4n) is 4.72. The number of aromatic nitrogens is 1. The van der Waals surface area contributed by atoms with Crippen molar-refractivity contribution in [2.75, 3.05) is 6.54 Å². The molecule has 1 aliphatic rings. The molecule has 4 rings (SSSR count). The van der Waals surface area contributed by atoms with Gasteiger partial charge >= 0.3 is 6.18 Å². The number of pyridine rings is 1. The average Bonchev–Trinajstić information content (AvgIpc) is 3.30. The third kappa shape index (κ3) is 7.54. The lowest BCUT2D eigenvalue weighted by Crippen LogP contribution is -2.38. The molecule has 224 valence electrons. The minimum atomic E-state index is -5.05. The van der Waals surface area contributed by atoms with E-state index in [1.165, 1.54) is 24.4 Å². The van der Waals surface area contributed by atoms with Crippen LogP contribution in [0, 0.1) is 22.9 Å². The topological polar surface area (TPSA) is 121 Å². The Labute approximate surface area is 243 Å². The summed E-state index contributed by atoms with van der Waals surface area (Å²) in [7, 11) is 3.11. The van der Waals surface area contributed by atoms with E-state index in [1.54, 1.807) is 12.1 Å². The molecule has 1 heterocycles. The van der Waals surface area contributed by atoms with E-state index in [-0.39, 0.29) is 47.2 Å². The SMILES string of the molecule is N=C(C1=C(NCC(=O)N[C@@H](Cc2cc(F)cc(F)c2)c2ncccc2-c2ccc(F)c(C(N)=P)c2)CCC1=O)C(F)(F)F. The fourth-order valence-corrected chi connectivity index (χ4v) is 4.91. The summed E-state index contributed by atoms with van der Waals surface area (Å²) in [5, 5.41) is 12.6. The van der Waals surface area contributed by atoms with E-state index in [4.69, 9.17) is 11.1 Å². The van der Waals surface area contributed by atoms with Crippen molar-refractivity contribution in [1.29, 1.82) is 5.41 Å². The highest BCUT2D eigenvalue weighted by Crippen LogP contribution is 2.31. The Kier molecular flexibility index (Phi) is 9.46. The summed E-state index contributed by atoms with van der Waals surface area (Å²) in [5.41, 5.74) is 4.28. The van der Waals surface area contributed by atoms with E-state index < -0.39 is 59.2 Å². The first-order valence-corrected chi connectivity index (χ1v) is 13.2. The summed E-state index contributed by atoms with van der Waals surface area (Å²) < 4.78 is 81.8. The van der Waals surface area contributed by atoms with E-state index >= 15 is 0 Å². The molecule has 3 aromatic rings. The Morgan fingerprint density at radius 1 is 1.07 bits per heavy atom. The predicted octanol–water partition coefficient (Wildman–Crippen LogP) is 4.93. The summed E-state index contributed by atoms with van der Waals surface area (Å²) >= 11 is 0. The molecule has 0 radical (unpaired) electrons. The van der Waals surface area contributed by atoms with Gasteiger partial charge in [-0.25, -0.2) is 13.2 Å². The van der Waals surface area contributed by atoms with Crippen molar-refractivity contribution >= 4 is 31.7 Å². The van der Waals surface area contributed by atoms with Gasteiger partial charge in [-0.15, -0.1) is 8.86 Å². The van der Waals surface area contributed by atoms with Crippen molar-refractivity contribution in [3.8, 4) is 11.1 Å². The lowest BCUT2D eigenvalue weighted by atomic mass is 9.94. The van der Waals surface area contributed by atoms with Gasteiger partial charge in [0, 0.05) is 40.9 Å². The lowest BCUT2D eigenvalue weighted by Gasteiger charge is -2.22. The van der Waals surface area contributed by atoms with Crippen LogP contribution in [0.5, 0.6) is 0 Å². The minimum Gasteiger partial charge on any atom is -0.379 e. The number of benzene rings is 2. The maximum atomic E-state index is 14.3. The number of carbonyl (C=O) groups is 2. The van der Waals surface area contributed by atoms with Crippen molar-refractivity contribution in [2.24, 2.45) is 5.73 Å². The summed E-state index contributed by atoms with van der Waals surface area (Å²) in [4.78, 5) is 29.5. The highest BCUT2D eigenvalue weighted by Gasteiger charge is 2.42. The first kappa shape index (κ1) is 31.6. The molecule has 0 aliphatic heterocycles. The van der Waals surface area contributed by atoms with Crippen molar-refractivity contribution in [2.45, 2.75) is 31.5 Å². The first-order valence-electron chi connectivity index (χ1n) is 12.7. The number of rotatable bonds is 10. The van der Waals surface area contributed by atoms with Crippen LogP contribution in [0.4, 0.5) is 26.3 Å². The molecule has 1 aliphatic carbocycles. The molecule has 0 saturated carbocycles. The number of amides is 1. The highest BCUT2D eigenvalue weighted by atomic mass is 31.0. The van der Waals surface area contributed by atoms with Crippen molar-refractivity contribution in [3.63, 3.8) is 0 Å². The van der Waals surface area contributed by atoms with Crippen molar-refractivity contribution in [1.82, 2.24) is 15.6 Å². The summed E-state index contributed by atoms with van der Waals surface area (Å²) in [6.45, 7) is -0.580. The largest absolute Gasteiger partial charge is 0.433 e. The van der Waals surface area contributed by atoms with Crippen LogP contribution >= 0.6 is 8.86 Å². The maximum Gasteiger partial charge on any atom is 0.433 e. The normalized spacial score (nSPS) is 14.1. The van der Waals surface area contributed by atoms with E-state index in [2.05, 4.69) is 24.5 Å². The van der Waals surface area contributed by atoms with Gasteiger partial charge in [0.2, 0.25) is 5.91 Å². The number of allylic oxidation sites excluding steroid dienone is 2. The zero-order valence-corrected chi connectivity index (χ0v) is 23.2. The second kappa shape index (κ2) is 12.9. The molecule has 5 N–H and O–H groups in total. The number of halogens is 6. The molecule has 2 aromatic carbocycles. The molecular weight excluding hydrogens is 595 g/mol. The lowest BCUT2D eigenvalue weighted by molar-refractivity contribution is -0.121. The first-order chi connectivity index (χ1) is 20.2. The monoisotopic (exact) mass is 619 g/mol. The quantitative estimate of drug-likeness (QED) is 0.146. The summed E-state index contributed by atoms with van der Waals surface area (Å²) in [5.74, 6) is -3.93. The number of Topliss-reactive ketones (excluding diaryl/α,β-unsaturated/α-hetero) is 1. The van der Waals surface area contributed by atoms with Gasteiger partial charge in [-0.3, -0.25) is 25.7 Å². The van der Waals surface area contributed by atoms with E-state index in [9.17, 15) is 35.9 Å². The van der Waals surface area contributed by atoms with Gasteiger partial charge in [-0.2, -0.15) is 13.2 Å². The number of nitrogens with one attached hydrogen (secondary N) is 3. The second-order valence-electron chi connectivity index (χ2n) is 9.65. The number of alkyl halides is 3. The Morgan fingerprint density at radius 2 is 1.77 bits per heavy atom. The maximum absolute atomic E-state index is 14.3. The molecule has 43 heavy (non-hydrogen) atoms. The third-order valence-corrected chi connectivity index (χ3v) is 6.88. The number of carbonyl (C=O) groups excluding carboxylic acids is 2. The van der Waals surface area contributed by atoms with Gasteiger partial charge in [0.05, 0.1) is 23.9 Å². The average molecular weight is 620 g/mol. The summed E-state index contributed by atoms with van der Waals surface area (Å²) in [6, 6.07) is 9.10. The van der Waals surface area contributed by atoms with Crippen LogP contribution in [0.2, 0.25) is 0 Å². The Morgan fingerprint density at radius 3 is 2.42 bits per heavy atom. The molecule has 0 spiro atoms. The molecular formula is C29H24F6N5O2P. The molecule has 1 amide bonds. The zero-order valence-electron chi connectivity index (χ0n) is 22.2. The van der Waals surface area contributed by atoms with Crippen molar-refractivity contribution in [3.05, 3.63) is 100 Å². The van der Waals surface area contributed by atoms with Gasteiger partial charge in [-0.05, 0) is 54.3 Å². The molecule has 0 fully saturated rings. The second-order valence-corrected chi connectivity index (χ2v) is 10.2. The van der Waals surface area contributed by atoms with Crippen LogP contribution in [0.25, 0.3) is 11.1 Å². The predicted molar refractivity (Wildman–Crippen MR) is 150 cm³/mol. The molecule has 0 saturated heterocycles. The van der Waals surface area contributed by atoms with Gasteiger partial charge in [0.25, 0.3) is 0 Å². The fraction of sp³-hybridized carbons (Fsp3) is 0.207. The Hall–Kier alpha value is -4.35. The van der Waals surface area contributed by atoms with Crippen LogP contribution in [-0.4, -0.2) is 40.5 Å². The van der Waals surface area contributed by atoms with E-state index in [1.807, 2.05) is 0 Å². The van der Waals surface area contributed by atoms with E-state index in [0.717, 1.165) is 12.1 Å². The number of nitrogens with zero attached hydrogens (tertiary/aromatic N) is 1. The zero-order chi connectivity index (χ0) is 31.5. The van der Waals surface area contributed by atoms with Gasteiger partial charge in [0.15, 0.2) is 5.78 Å². The smallest absolute Gasteiger partial charge is 0.379 e. The van der Waals surface area contributed by atoms with Crippen LogP contribution < -0.4 is 16.4 Å². The Bertz CT molecular complexity index is 1640. The van der Waals surface area contributed by atoms with Gasteiger partial charge in [-0.1, -0.05) is 12.1 Å². The molecule has 0 bridgehead atoms. The molecule has 7 nitrogen and oxygen atoms in total. The minimum absolute atomic E-state index is 0.0219. The molecule has 0 unspecified atom stereocenters. The van der Waals surface area contributed by atoms with Crippen molar-refractivity contribution < 1.29 is 35.9 Å². The third-order valence-electron chi connectivity index (χ3n) is 6.61. The number of ketones is 1. The summed E-state index contributed by atoms with van der Waals surface area (Å²) in [6.07, 6.45) is -4.16. The van der Waals surface area contributed by atoms with Gasteiger partial charge in [0.1, 0.15) is 23.2 Å². The van der Waals surface area contributed by atoms with Gasteiger partial charge < -0.3 is 10.6 Å². The molecule has 1 atom stereocenters. The number of hydrogen-bond donors (Lipinski definition) is 4. The standard InChI is InChI=1S/C29H24F6N5O2P/c30-16-8-14(9-17(31)12-16)10-22(26-18(2-1-7-38-26)15-3-4-20(32)19(11-15)28(37)43)40-24(42)13-39-21-5-6-23(41)25(21)27(36)29(33,34)35/h1-4,7-9,11-12,22,36,39,43H,5-6,10,13,37H2,(H,40,42)/t22-/m0/s1. The molecule has 14 heteroatoms.